The van der Waals surface area contributed by atoms with Gasteiger partial charge in [0, 0.05) is 23.8 Å². The summed E-state index contributed by atoms with van der Waals surface area (Å²) in [6.45, 7) is 4.17. The number of carbonyl (C=O) groups is 3. The zero-order valence-electron chi connectivity index (χ0n) is 15.3. The van der Waals surface area contributed by atoms with E-state index in [0.717, 1.165) is 5.56 Å². The highest BCUT2D eigenvalue weighted by Gasteiger charge is 2.07. The van der Waals surface area contributed by atoms with E-state index >= 15 is 0 Å². The second kappa shape index (κ2) is 9.38. The zero-order valence-corrected chi connectivity index (χ0v) is 15.3. The SMILES string of the molecule is CC(C)NC(=O)Nc1ccc(C(=O)NCCc2ccc(C(=O)O)cc2)cc1. The van der Waals surface area contributed by atoms with Crippen molar-refractivity contribution < 1.29 is 19.5 Å². The van der Waals surface area contributed by atoms with Gasteiger partial charge in [-0.3, -0.25) is 4.79 Å². The fourth-order valence-corrected chi connectivity index (χ4v) is 2.37. The van der Waals surface area contributed by atoms with Gasteiger partial charge >= 0.3 is 12.0 Å². The van der Waals surface area contributed by atoms with Gasteiger partial charge in [-0.2, -0.15) is 0 Å². The smallest absolute Gasteiger partial charge is 0.335 e. The summed E-state index contributed by atoms with van der Waals surface area (Å²) in [5, 5.41) is 17.1. The minimum atomic E-state index is -0.963. The molecule has 0 aromatic heterocycles. The van der Waals surface area contributed by atoms with E-state index in [2.05, 4.69) is 16.0 Å². The molecule has 0 unspecified atom stereocenters. The summed E-state index contributed by atoms with van der Waals surface area (Å²) >= 11 is 0. The Hall–Kier alpha value is -3.35. The number of carbonyl (C=O) groups excluding carboxylic acids is 2. The number of hydrogen-bond donors (Lipinski definition) is 4. The van der Waals surface area contributed by atoms with Crippen LogP contribution in [0.15, 0.2) is 48.5 Å². The van der Waals surface area contributed by atoms with E-state index in [0.29, 0.717) is 24.2 Å². The van der Waals surface area contributed by atoms with Crippen molar-refractivity contribution in [3.05, 3.63) is 65.2 Å². The van der Waals surface area contributed by atoms with Gasteiger partial charge in [0.05, 0.1) is 5.56 Å². The lowest BCUT2D eigenvalue weighted by molar-refractivity contribution is 0.0696. The van der Waals surface area contributed by atoms with Gasteiger partial charge in [0.2, 0.25) is 0 Å². The molecule has 2 aromatic carbocycles. The molecule has 7 heteroatoms. The second-order valence-corrected chi connectivity index (χ2v) is 6.34. The Kier molecular flexibility index (Phi) is 6.93. The molecule has 0 aliphatic rings. The van der Waals surface area contributed by atoms with Gasteiger partial charge in [0.25, 0.3) is 5.91 Å². The van der Waals surface area contributed by atoms with Crippen LogP contribution in [0.3, 0.4) is 0 Å². The summed E-state index contributed by atoms with van der Waals surface area (Å²) in [7, 11) is 0. The summed E-state index contributed by atoms with van der Waals surface area (Å²) in [6.07, 6.45) is 0.598. The van der Waals surface area contributed by atoms with E-state index in [4.69, 9.17) is 5.11 Å². The second-order valence-electron chi connectivity index (χ2n) is 6.34. The third kappa shape index (κ3) is 6.47. The molecule has 2 rings (SSSR count). The maximum Gasteiger partial charge on any atom is 0.335 e. The Morgan fingerprint density at radius 1 is 0.926 bits per heavy atom. The number of aromatic carboxylic acids is 1. The Morgan fingerprint density at radius 3 is 2.07 bits per heavy atom. The van der Waals surface area contributed by atoms with Gasteiger partial charge in [0.1, 0.15) is 0 Å². The molecule has 0 radical (unpaired) electrons. The normalized spacial score (nSPS) is 10.3. The molecular weight excluding hydrogens is 346 g/mol. The Bertz CT molecular complexity index is 799. The molecule has 0 heterocycles. The molecule has 4 N–H and O–H groups in total. The number of hydrogen-bond acceptors (Lipinski definition) is 3. The first-order valence-electron chi connectivity index (χ1n) is 8.63. The lowest BCUT2D eigenvalue weighted by Gasteiger charge is -2.10. The van der Waals surface area contributed by atoms with E-state index in [9.17, 15) is 14.4 Å². The molecule has 3 amide bonds. The van der Waals surface area contributed by atoms with Crippen molar-refractivity contribution in [3.8, 4) is 0 Å². The molecule has 0 aliphatic carbocycles. The topological polar surface area (TPSA) is 108 Å². The molecule has 0 saturated heterocycles. The molecule has 0 atom stereocenters. The summed E-state index contributed by atoms with van der Waals surface area (Å²) in [4.78, 5) is 34.6. The van der Waals surface area contributed by atoms with Crippen LogP contribution < -0.4 is 16.0 Å². The standard InChI is InChI=1S/C20H23N3O4/c1-13(2)22-20(27)23-17-9-7-15(8-10-17)18(24)21-12-11-14-3-5-16(6-4-14)19(25)26/h3-10,13H,11-12H2,1-2H3,(H,21,24)(H,25,26)(H2,22,23,27). The van der Waals surface area contributed by atoms with E-state index in [1.165, 1.54) is 0 Å². The van der Waals surface area contributed by atoms with Crippen molar-refractivity contribution in [1.82, 2.24) is 10.6 Å². The van der Waals surface area contributed by atoms with Crippen molar-refractivity contribution in [3.63, 3.8) is 0 Å². The van der Waals surface area contributed by atoms with Gasteiger partial charge in [-0.05, 0) is 62.2 Å². The monoisotopic (exact) mass is 369 g/mol. The van der Waals surface area contributed by atoms with E-state index in [-0.39, 0.29) is 23.5 Å². The highest BCUT2D eigenvalue weighted by Crippen LogP contribution is 2.10. The van der Waals surface area contributed by atoms with Crippen LogP contribution in [0.5, 0.6) is 0 Å². The number of carboxylic acid groups (broad SMARTS) is 1. The number of rotatable bonds is 7. The van der Waals surface area contributed by atoms with Crippen LogP contribution in [0.1, 0.15) is 40.1 Å². The first kappa shape index (κ1) is 20.0. The highest BCUT2D eigenvalue weighted by molar-refractivity contribution is 5.95. The zero-order chi connectivity index (χ0) is 19.8. The Balaban J connectivity index is 1.81. The van der Waals surface area contributed by atoms with E-state index < -0.39 is 5.97 Å². The molecular formula is C20H23N3O4. The summed E-state index contributed by atoms with van der Waals surface area (Å²) in [6, 6.07) is 12.9. The number of amides is 3. The van der Waals surface area contributed by atoms with Gasteiger partial charge in [-0.1, -0.05) is 12.1 Å². The van der Waals surface area contributed by atoms with Gasteiger partial charge in [-0.25, -0.2) is 9.59 Å². The Morgan fingerprint density at radius 2 is 1.52 bits per heavy atom. The van der Waals surface area contributed by atoms with Crippen molar-refractivity contribution in [2.45, 2.75) is 26.3 Å². The lowest BCUT2D eigenvalue weighted by atomic mass is 10.1. The quantitative estimate of drug-likeness (QED) is 0.602. The average Bonchev–Trinajstić information content (AvgIpc) is 2.62. The van der Waals surface area contributed by atoms with Crippen LogP contribution in [0.25, 0.3) is 0 Å². The van der Waals surface area contributed by atoms with Crippen LogP contribution >= 0.6 is 0 Å². The number of anilines is 1. The summed E-state index contributed by atoms with van der Waals surface area (Å²) < 4.78 is 0. The van der Waals surface area contributed by atoms with Gasteiger partial charge < -0.3 is 21.1 Å². The summed E-state index contributed by atoms with van der Waals surface area (Å²) in [5.74, 6) is -1.18. The molecule has 142 valence electrons. The molecule has 0 saturated carbocycles. The third-order valence-corrected chi connectivity index (χ3v) is 3.72. The predicted octanol–water partition coefficient (Wildman–Crippen LogP) is 2.89. The van der Waals surface area contributed by atoms with Crippen molar-refractivity contribution >= 4 is 23.6 Å². The molecule has 0 fully saturated rings. The fourth-order valence-electron chi connectivity index (χ4n) is 2.37. The van der Waals surface area contributed by atoms with Crippen LogP contribution in [-0.2, 0) is 6.42 Å². The fraction of sp³-hybridized carbons (Fsp3) is 0.250. The Labute approximate surface area is 157 Å². The molecule has 7 nitrogen and oxygen atoms in total. The van der Waals surface area contributed by atoms with Gasteiger partial charge in [-0.15, -0.1) is 0 Å². The van der Waals surface area contributed by atoms with Gasteiger partial charge in [0.15, 0.2) is 0 Å². The molecule has 2 aromatic rings. The van der Waals surface area contributed by atoms with Crippen LogP contribution in [0.4, 0.5) is 10.5 Å². The van der Waals surface area contributed by atoms with Crippen molar-refractivity contribution in [1.29, 1.82) is 0 Å². The molecule has 0 spiro atoms. The number of carboxylic acids is 1. The molecule has 27 heavy (non-hydrogen) atoms. The van der Waals surface area contributed by atoms with Crippen molar-refractivity contribution in [2.24, 2.45) is 0 Å². The van der Waals surface area contributed by atoms with E-state index in [1.807, 2.05) is 13.8 Å². The maximum absolute atomic E-state index is 12.2. The largest absolute Gasteiger partial charge is 0.478 e. The minimum Gasteiger partial charge on any atom is -0.478 e. The predicted molar refractivity (Wildman–Crippen MR) is 103 cm³/mol. The van der Waals surface area contributed by atoms with Crippen LogP contribution in [0.2, 0.25) is 0 Å². The lowest BCUT2D eigenvalue weighted by Crippen LogP contribution is -2.34. The first-order chi connectivity index (χ1) is 12.8. The van der Waals surface area contributed by atoms with E-state index in [1.54, 1.807) is 48.5 Å². The number of benzene rings is 2. The molecule has 0 aliphatic heterocycles. The van der Waals surface area contributed by atoms with Crippen LogP contribution in [0, 0.1) is 0 Å². The first-order valence-corrected chi connectivity index (χ1v) is 8.63. The van der Waals surface area contributed by atoms with Crippen LogP contribution in [-0.4, -0.2) is 35.6 Å². The van der Waals surface area contributed by atoms with Crippen molar-refractivity contribution in [2.75, 3.05) is 11.9 Å². The maximum atomic E-state index is 12.2. The number of nitrogens with one attached hydrogen (secondary N) is 3. The summed E-state index contributed by atoms with van der Waals surface area (Å²) in [5.41, 5.74) is 2.27. The molecule has 0 bridgehead atoms. The minimum absolute atomic E-state index is 0.0374. The highest BCUT2D eigenvalue weighted by atomic mass is 16.4. The number of urea groups is 1. The average molecular weight is 369 g/mol. The third-order valence-electron chi connectivity index (χ3n) is 3.72.